The van der Waals surface area contributed by atoms with Crippen molar-refractivity contribution in [2.45, 2.75) is 50.5 Å². The summed E-state index contributed by atoms with van der Waals surface area (Å²) in [5, 5.41) is 7.40. The second kappa shape index (κ2) is 9.90. The molecule has 1 aliphatic heterocycles. The number of hydrogen-bond donors (Lipinski definition) is 1. The number of methoxy groups -OCH3 is 1. The van der Waals surface area contributed by atoms with E-state index in [1.165, 1.54) is 19.3 Å². The van der Waals surface area contributed by atoms with Crippen LogP contribution in [0.3, 0.4) is 0 Å². The molecule has 4 rings (SSSR count). The van der Waals surface area contributed by atoms with Crippen molar-refractivity contribution in [2.75, 3.05) is 45.7 Å². The van der Waals surface area contributed by atoms with E-state index in [9.17, 15) is 4.79 Å². The molecule has 1 N–H and O–H groups in total. The van der Waals surface area contributed by atoms with Crippen LogP contribution in [-0.4, -0.2) is 67.3 Å². The number of nitrogens with one attached hydrogen (secondary N) is 1. The van der Waals surface area contributed by atoms with Crippen LogP contribution in [0.2, 0.25) is 0 Å². The molecule has 2 fully saturated rings. The van der Waals surface area contributed by atoms with Gasteiger partial charge in [-0.25, -0.2) is 0 Å². The molecule has 0 unspecified atom stereocenters. The van der Waals surface area contributed by atoms with E-state index in [0.29, 0.717) is 11.8 Å². The van der Waals surface area contributed by atoms with E-state index in [1.54, 1.807) is 7.11 Å². The summed E-state index contributed by atoms with van der Waals surface area (Å²) in [6.07, 6.45) is 7.70. The molecule has 2 aromatic rings. The molecule has 1 aliphatic carbocycles. The maximum Gasteiger partial charge on any atom is 0.324 e. The van der Waals surface area contributed by atoms with Crippen molar-refractivity contribution in [1.82, 2.24) is 20.4 Å². The molecule has 8 nitrogen and oxygen atoms in total. The zero-order valence-corrected chi connectivity index (χ0v) is 19.5. The zero-order chi connectivity index (χ0) is 22.6. The number of amides is 1. The number of aromatic nitrogens is 2. The lowest BCUT2D eigenvalue weighted by Gasteiger charge is -2.43. The van der Waals surface area contributed by atoms with Gasteiger partial charge in [0, 0.05) is 36.7 Å². The van der Waals surface area contributed by atoms with Crippen molar-refractivity contribution in [3.8, 4) is 17.1 Å². The molecule has 1 saturated carbocycles. The fourth-order valence-electron chi connectivity index (χ4n) is 4.92. The molecule has 1 aromatic carbocycles. The van der Waals surface area contributed by atoms with Gasteiger partial charge in [-0.05, 0) is 64.0 Å². The smallest absolute Gasteiger partial charge is 0.324 e. The van der Waals surface area contributed by atoms with Gasteiger partial charge in [0.1, 0.15) is 5.75 Å². The summed E-state index contributed by atoms with van der Waals surface area (Å²) in [7, 11) is 5.92. The first kappa shape index (κ1) is 22.6. The fourth-order valence-corrected chi connectivity index (χ4v) is 4.92. The van der Waals surface area contributed by atoms with Gasteiger partial charge in [0.15, 0.2) is 0 Å². The van der Waals surface area contributed by atoms with Crippen LogP contribution in [0.4, 0.5) is 6.01 Å². The van der Waals surface area contributed by atoms with Crippen molar-refractivity contribution < 1.29 is 14.1 Å². The lowest BCUT2D eigenvalue weighted by Crippen LogP contribution is -2.55. The highest BCUT2D eigenvalue weighted by Crippen LogP contribution is 2.32. The minimum atomic E-state index is 0.0398. The van der Waals surface area contributed by atoms with Crippen molar-refractivity contribution in [3.63, 3.8) is 0 Å². The quantitative estimate of drug-likeness (QED) is 0.705. The van der Waals surface area contributed by atoms with Crippen LogP contribution in [-0.2, 0) is 4.79 Å². The minimum Gasteiger partial charge on any atom is -0.497 e. The van der Waals surface area contributed by atoms with Gasteiger partial charge in [-0.15, -0.1) is 0 Å². The van der Waals surface area contributed by atoms with Gasteiger partial charge in [-0.1, -0.05) is 24.4 Å². The number of rotatable bonds is 7. The lowest BCUT2D eigenvalue weighted by atomic mass is 9.80. The average molecular weight is 442 g/mol. The SMILES string of the molecule is COc1ccc(-c2noc(N3CCC(C(=O)NCC4(N(C)C)CCCCC4)CC3)n2)cc1. The minimum absolute atomic E-state index is 0.0398. The Morgan fingerprint density at radius 1 is 1.19 bits per heavy atom. The molecule has 1 saturated heterocycles. The molecule has 32 heavy (non-hydrogen) atoms. The van der Waals surface area contributed by atoms with E-state index in [4.69, 9.17) is 9.26 Å². The Bertz CT molecular complexity index is 881. The summed E-state index contributed by atoms with van der Waals surface area (Å²) in [5.41, 5.74) is 0.989. The maximum absolute atomic E-state index is 12.9. The Morgan fingerprint density at radius 2 is 1.88 bits per heavy atom. The predicted octanol–water partition coefficient (Wildman–Crippen LogP) is 3.34. The third kappa shape index (κ3) is 4.90. The highest BCUT2D eigenvalue weighted by atomic mass is 16.5. The van der Waals surface area contributed by atoms with Gasteiger partial charge in [0.2, 0.25) is 11.7 Å². The third-order valence-electron chi connectivity index (χ3n) is 7.22. The van der Waals surface area contributed by atoms with Gasteiger partial charge in [0.05, 0.1) is 7.11 Å². The topological polar surface area (TPSA) is 83.7 Å². The van der Waals surface area contributed by atoms with E-state index < -0.39 is 0 Å². The number of carbonyl (C=O) groups excluding carboxylic acids is 1. The molecule has 2 heterocycles. The maximum atomic E-state index is 12.9. The number of nitrogens with zero attached hydrogens (tertiary/aromatic N) is 4. The second-order valence-corrected chi connectivity index (χ2v) is 9.29. The van der Waals surface area contributed by atoms with Crippen LogP contribution in [0.1, 0.15) is 44.9 Å². The summed E-state index contributed by atoms with van der Waals surface area (Å²) >= 11 is 0. The van der Waals surface area contributed by atoms with Crippen molar-refractivity contribution >= 4 is 11.9 Å². The summed E-state index contributed by atoms with van der Waals surface area (Å²) in [5.74, 6) is 1.57. The molecule has 2 aliphatic rings. The van der Waals surface area contributed by atoms with E-state index in [0.717, 1.165) is 56.6 Å². The highest BCUT2D eigenvalue weighted by molar-refractivity contribution is 5.79. The molecule has 174 valence electrons. The van der Waals surface area contributed by atoms with Gasteiger partial charge in [0.25, 0.3) is 0 Å². The normalized spacial score (nSPS) is 19.2. The first-order valence-corrected chi connectivity index (χ1v) is 11.7. The van der Waals surface area contributed by atoms with Crippen LogP contribution < -0.4 is 15.0 Å². The molecule has 1 amide bonds. The van der Waals surface area contributed by atoms with Crippen LogP contribution >= 0.6 is 0 Å². The predicted molar refractivity (Wildman–Crippen MR) is 124 cm³/mol. The number of piperidine rings is 1. The summed E-state index contributed by atoms with van der Waals surface area (Å²) < 4.78 is 10.7. The van der Waals surface area contributed by atoms with E-state index in [2.05, 4.69) is 39.4 Å². The van der Waals surface area contributed by atoms with Crippen LogP contribution in [0.5, 0.6) is 5.75 Å². The average Bonchev–Trinajstić information content (AvgIpc) is 3.33. The summed E-state index contributed by atoms with van der Waals surface area (Å²) in [6, 6.07) is 8.10. The molecule has 0 atom stereocenters. The summed E-state index contributed by atoms with van der Waals surface area (Å²) in [4.78, 5) is 21.8. The van der Waals surface area contributed by atoms with Crippen molar-refractivity contribution in [1.29, 1.82) is 0 Å². The Labute approximate surface area is 190 Å². The van der Waals surface area contributed by atoms with Crippen LogP contribution in [0.15, 0.2) is 28.8 Å². The summed E-state index contributed by atoms with van der Waals surface area (Å²) in [6.45, 7) is 2.22. The number of benzene rings is 1. The Balaban J connectivity index is 1.29. The van der Waals surface area contributed by atoms with E-state index >= 15 is 0 Å². The number of ether oxygens (including phenoxy) is 1. The molecule has 0 radical (unpaired) electrons. The number of likely N-dealkylation sites (N-methyl/N-ethyl adjacent to an activating group) is 1. The zero-order valence-electron chi connectivity index (χ0n) is 19.5. The molecule has 0 spiro atoms. The van der Waals surface area contributed by atoms with Gasteiger partial charge in [-0.2, -0.15) is 4.98 Å². The third-order valence-corrected chi connectivity index (χ3v) is 7.22. The Kier molecular flexibility index (Phi) is 6.98. The highest BCUT2D eigenvalue weighted by Gasteiger charge is 2.35. The Hall–Kier alpha value is -2.61. The molecule has 0 bridgehead atoms. The van der Waals surface area contributed by atoms with E-state index in [-0.39, 0.29) is 17.4 Å². The molecule has 8 heteroatoms. The van der Waals surface area contributed by atoms with E-state index in [1.807, 2.05) is 24.3 Å². The first-order chi connectivity index (χ1) is 15.5. The van der Waals surface area contributed by atoms with Gasteiger partial charge >= 0.3 is 6.01 Å². The molecule has 1 aromatic heterocycles. The van der Waals surface area contributed by atoms with Crippen LogP contribution in [0, 0.1) is 5.92 Å². The standard InChI is InChI=1S/C24H35N5O3/c1-28(2)24(13-5-4-6-14-24)17-25-22(30)19-11-15-29(16-12-19)23-26-21(27-32-23)18-7-9-20(31-3)10-8-18/h7-10,19H,4-6,11-17H2,1-3H3,(H,25,30). The number of hydrogen-bond acceptors (Lipinski definition) is 7. The molecular formula is C24H35N5O3. The second-order valence-electron chi connectivity index (χ2n) is 9.29. The number of anilines is 1. The largest absolute Gasteiger partial charge is 0.497 e. The van der Waals surface area contributed by atoms with Gasteiger partial charge in [-0.3, -0.25) is 4.79 Å². The monoisotopic (exact) mass is 441 g/mol. The Morgan fingerprint density at radius 3 is 2.50 bits per heavy atom. The van der Waals surface area contributed by atoms with Crippen molar-refractivity contribution in [3.05, 3.63) is 24.3 Å². The van der Waals surface area contributed by atoms with Crippen molar-refractivity contribution in [2.24, 2.45) is 5.92 Å². The molecular weight excluding hydrogens is 406 g/mol. The number of carbonyl (C=O) groups is 1. The fraction of sp³-hybridized carbons (Fsp3) is 0.625. The first-order valence-electron chi connectivity index (χ1n) is 11.7. The lowest BCUT2D eigenvalue weighted by molar-refractivity contribution is -0.126. The van der Waals surface area contributed by atoms with Gasteiger partial charge < -0.3 is 24.4 Å². The van der Waals surface area contributed by atoms with Crippen LogP contribution in [0.25, 0.3) is 11.4 Å².